The van der Waals surface area contributed by atoms with Crippen molar-refractivity contribution in [2.75, 3.05) is 19.6 Å². The van der Waals surface area contributed by atoms with Gasteiger partial charge in [0.1, 0.15) is 0 Å². The van der Waals surface area contributed by atoms with Crippen LogP contribution in [-0.4, -0.2) is 36.6 Å². The standard InChI is InChI=1S/C14H28N2/c1-12(11-16-8-4-5-9-16)15-13-6-7-14(2,3)10-13/h12-13,15H,4-11H2,1-3H3. The molecule has 0 aromatic heterocycles. The first-order valence-electron chi connectivity index (χ1n) is 7.04. The lowest BCUT2D eigenvalue weighted by atomic mass is 9.92. The zero-order valence-electron chi connectivity index (χ0n) is 11.3. The summed E-state index contributed by atoms with van der Waals surface area (Å²) in [6.45, 7) is 11.0. The molecule has 16 heavy (non-hydrogen) atoms. The SMILES string of the molecule is CC(CN1CCCC1)NC1CCC(C)(C)C1. The van der Waals surface area contributed by atoms with E-state index in [4.69, 9.17) is 0 Å². The fourth-order valence-electron chi connectivity index (χ4n) is 3.39. The van der Waals surface area contributed by atoms with Crippen LogP contribution in [0.15, 0.2) is 0 Å². The van der Waals surface area contributed by atoms with Gasteiger partial charge in [-0.25, -0.2) is 0 Å². The van der Waals surface area contributed by atoms with E-state index in [2.05, 4.69) is 31.0 Å². The molecule has 2 atom stereocenters. The highest BCUT2D eigenvalue weighted by Crippen LogP contribution is 2.37. The van der Waals surface area contributed by atoms with Crippen molar-refractivity contribution in [3.8, 4) is 0 Å². The maximum atomic E-state index is 3.82. The van der Waals surface area contributed by atoms with Gasteiger partial charge in [-0.2, -0.15) is 0 Å². The van der Waals surface area contributed by atoms with Crippen molar-refractivity contribution in [3.63, 3.8) is 0 Å². The third-order valence-electron chi connectivity index (χ3n) is 4.22. The van der Waals surface area contributed by atoms with Gasteiger partial charge in [0.05, 0.1) is 0 Å². The predicted octanol–water partition coefficient (Wildman–Crippen LogP) is 2.64. The Hall–Kier alpha value is -0.0800. The van der Waals surface area contributed by atoms with Crippen LogP contribution in [0.25, 0.3) is 0 Å². The van der Waals surface area contributed by atoms with Crippen molar-refractivity contribution in [3.05, 3.63) is 0 Å². The van der Waals surface area contributed by atoms with E-state index in [1.807, 2.05) is 0 Å². The van der Waals surface area contributed by atoms with Gasteiger partial charge >= 0.3 is 0 Å². The van der Waals surface area contributed by atoms with Crippen molar-refractivity contribution < 1.29 is 0 Å². The average Bonchev–Trinajstić information content (AvgIpc) is 2.76. The second kappa shape index (κ2) is 5.05. The first kappa shape index (κ1) is 12.4. The molecule has 2 fully saturated rings. The summed E-state index contributed by atoms with van der Waals surface area (Å²) < 4.78 is 0. The van der Waals surface area contributed by atoms with Crippen molar-refractivity contribution in [1.82, 2.24) is 10.2 Å². The van der Waals surface area contributed by atoms with E-state index < -0.39 is 0 Å². The lowest BCUT2D eigenvalue weighted by molar-refractivity contribution is 0.279. The van der Waals surface area contributed by atoms with Crippen LogP contribution in [0, 0.1) is 5.41 Å². The van der Waals surface area contributed by atoms with Crippen molar-refractivity contribution in [1.29, 1.82) is 0 Å². The van der Waals surface area contributed by atoms with Gasteiger partial charge in [-0.3, -0.25) is 0 Å². The molecule has 0 radical (unpaired) electrons. The van der Waals surface area contributed by atoms with E-state index in [0.29, 0.717) is 11.5 Å². The van der Waals surface area contributed by atoms with E-state index in [1.165, 1.54) is 51.7 Å². The smallest absolute Gasteiger partial charge is 0.0169 e. The second-order valence-corrected chi connectivity index (χ2v) is 6.68. The third kappa shape index (κ3) is 3.46. The lowest BCUT2D eigenvalue weighted by Crippen LogP contribution is -2.42. The van der Waals surface area contributed by atoms with Gasteiger partial charge in [0, 0.05) is 18.6 Å². The Kier molecular flexibility index (Phi) is 3.91. The van der Waals surface area contributed by atoms with Crippen LogP contribution in [0.2, 0.25) is 0 Å². The number of nitrogens with zero attached hydrogens (tertiary/aromatic N) is 1. The Labute approximate surface area is 101 Å². The van der Waals surface area contributed by atoms with Gasteiger partial charge in [-0.15, -0.1) is 0 Å². The molecule has 1 saturated carbocycles. The molecule has 1 saturated heterocycles. The molecule has 2 unspecified atom stereocenters. The number of nitrogens with one attached hydrogen (secondary N) is 1. The van der Waals surface area contributed by atoms with E-state index in [-0.39, 0.29) is 0 Å². The normalized spacial score (nSPS) is 32.1. The minimum atomic E-state index is 0.574. The number of hydrogen-bond acceptors (Lipinski definition) is 2. The number of rotatable bonds is 4. The Morgan fingerprint density at radius 2 is 2.00 bits per heavy atom. The van der Waals surface area contributed by atoms with Crippen LogP contribution in [0.5, 0.6) is 0 Å². The molecule has 1 aliphatic heterocycles. The van der Waals surface area contributed by atoms with Crippen LogP contribution in [0.3, 0.4) is 0 Å². The fourth-order valence-corrected chi connectivity index (χ4v) is 3.39. The molecule has 0 bridgehead atoms. The summed E-state index contributed by atoms with van der Waals surface area (Å²) in [5.74, 6) is 0. The fraction of sp³-hybridized carbons (Fsp3) is 1.00. The van der Waals surface area contributed by atoms with E-state index in [0.717, 1.165) is 6.04 Å². The number of hydrogen-bond donors (Lipinski definition) is 1. The molecule has 1 N–H and O–H groups in total. The van der Waals surface area contributed by atoms with Gasteiger partial charge in [0.2, 0.25) is 0 Å². The summed E-state index contributed by atoms with van der Waals surface area (Å²) in [4.78, 5) is 2.61. The van der Waals surface area contributed by atoms with E-state index in [9.17, 15) is 0 Å². The molecule has 2 nitrogen and oxygen atoms in total. The first-order valence-corrected chi connectivity index (χ1v) is 7.04. The monoisotopic (exact) mass is 224 g/mol. The van der Waals surface area contributed by atoms with Gasteiger partial charge in [0.25, 0.3) is 0 Å². The van der Waals surface area contributed by atoms with E-state index in [1.54, 1.807) is 0 Å². The molecule has 1 heterocycles. The molecule has 2 rings (SSSR count). The van der Waals surface area contributed by atoms with Crippen LogP contribution in [-0.2, 0) is 0 Å². The molecule has 94 valence electrons. The second-order valence-electron chi connectivity index (χ2n) is 6.68. The number of likely N-dealkylation sites (tertiary alicyclic amines) is 1. The zero-order valence-corrected chi connectivity index (χ0v) is 11.3. The maximum Gasteiger partial charge on any atom is 0.0169 e. The van der Waals surface area contributed by atoms with Crippen LogP contribution in [0.1, 0.15) is 52.9 Å². The van der Waals surface area contributed by atoms with Crippen LogP contribution >= 0.6 is 0 Å². The summed E-state index contributed by atoms with van der Waals surface area (Å²) in [6, 6.07) is 1.43. The minimum Gasteiger partial charge on any atom is -0.310 e. The van der Waals surface area contributed by atoms with Gasteiger partial charge in [-0.1, -0.05) is 13.8 Å². The molecule has 0 spiro atoms. The summed E-state index contributed by atoms with van der Waals surface area (Å²) in [5.41, 5.74) is 0.574. The maximum absolute atomic E-state index is 3.82. The molecule has 2 heteroatoms. The summed E-state index contributed by atoms with van der Waals surface area (Å²) in [6.07, 6.45) is 6.93. The van der Waals surface area contributed by atoms with Crippen LogP contribution in [0.4, 0.5) is 0 Å². The molecule has 2 aliphatic rings. The van der Waals surface area contributed by atoms with Crippen LogP contribution < -0.4 is 5.32 Å². The highest BCUT2D eigenvalue weighted by atomic mass is 15.2. The molecule has 0 aromatic carbocycles. The lowest BCUT2D eigenvalue weighted by Gasteiger charge is -2.25. The third-order valence-corrected chi connectivity index (χ3v) is 4.22. The first-order chi connectivity index (χ1) is 7.55. The van der Waals surface area contributed by atoms with Gasteiger partial charge < -0.3 is 10.2 Å². The Bertz CT molecular complexity index is 219. The Balaban J connectivity index is 1.69. The minimum absolute atomic E-state index is 0.574. The molecular weight excluding hydrogens is 196 g/mol. The molecule has 0 aromatic rings. The molecule has 1 aliphatic carbocycles. The summed E-state index contributed by atoms with van der Waals surface area (Å²) >= 11 is 0. The van der Waals surface area contributed by atoms with Gasteiger partial charge in [0.15, 0.2) is 0 Å². The largest absolute Gasteiger partial charge is 0.310 e. The summed E-state index contributed by atoms with van der Waals surface area (Å²) in [7, 11) is 0. The average molecular weight is 224 g/mol. The molecule has 0 amide bonds. The summed E-state index contributed by atoms with van der Waals surface area (Å²) in [5, 5.41) is 3.82. The van der Waals surface area contributed by atoms with E-state index >= 15 is 0 Å². The van der Waals surface area contributed by atoms with Crippen molar-refractivity contribution in [2.45, 2.75) is 65.0 Å². The van der Waals surface area contributed by atoms with Crippen molar-refractivity contribution in [2.24, 2.45) is 5.41 Å². The van der Waals surface area contributed by atoms with Crippen molar-refractivity contribution >= 4 is 0 Å². The zero-order chi connectivity index (χ0) is 11.6. The quantitative estimate of drug-likeness (QED) is 0.790. The van der Waals surface area contributed by atoms with Gasteiger partial charge in [-0.05, 0) is 57.5 Å². The Morgan fingerprint density at radius 3 is 2.56 bits per heavy atom. The Morgan fingerprint density at radius 1 is 1.31 bits per heavy atom. The highest BCUT2D eigenvalue weighted by molar-refractivity contribution is 4.88. The highest BCUT2D eigenvalue weighted by Gasteiger charge is 2.31. The molecular formula is C14H28N2. The predicted molar refractivity (Wildman–Crippen MR) is 69.7 cm³/mol. The topological polar surface area (TPSA) is 15.3 Å².